The average Bonchev–Trinajstić information content (AvgIpc) is 3.05. The van der Waals surface area contributed by atoms with E-state index in [2.05, 4.69) is 28.6 Å². The number of pyridine rings is 1. The van der Waals surface area contributed by atoms with Gasteiger partial charge in [0.15, 0.2) is 6.19 Å². The van der Waals surface area contributed by atoms with E-state index in [-0.39, 0.29) is 11.4 Å². The van der Waals surface area contributed by atoms with E-state index in [1.165, 1.54) is 4.90 Å². The Morgan fingerprint density at radius 1 is 1.16 bits per heavy atom. The minimum absolute atomic E-state index is 0.0684. The highest BCUT2D eigenvalue weighted by Gasteiger charge is 2.54. The van der Waals surface area contributed by atoms with Gasteiger partial charge in [-0.1, -0.05) is 42.1 Å². The lowest BCUT2D eigenvalue weighted by Gasteiger charge is -2.44. The van der Waals surface area contributed by atoms with Crippen LogP contribution in [-0.4, -0.2) is 34.4 Å². The van der Waals surface area contributed by atoms with Crippen LogP contribution < -0.4 is 5.32 Å². The zero-order chi connectivity index (χ0) is 21.3. The van der Waals surface area contributed by atoms with Gasteiger partial charge in [0, 0.05) is 45.8 Å². The van der Waals surface area contributed by atoms with Gasteiger partial charge in [0.1, 0.15) is 0 Å². The molecule has 5 nitrogen and oxygen atoms in total. The fraction of sp³-hybridized carbons (Fsp3) is 0.240. The third kappa shape index (κ3) is 3.77. The second kappa shape index (κ2) is 8.09. The number of likely N-dealkylation sites (tertiary alicyclic amines) is 1. The second-order valence-electron chi connectivity index (χ2n) is 8.19. The van der Waals surface area contributed by atoms with Crippen LogP contribution in [0.1, 0.15) is 23.2 Å². The summed E-state index contributed by atoms with van der Waals surface area (Å²) >= 11 is 1.70. The number of nitriles is 1. The summed E-state index contributed by atoms with van der Waals surface area (Å²) in [4.78, 5) is 21.3. The van der Waals surface area contributed by atoms with E-state index in [0.29, 0.717) is 18.0 Å². The molecule has 5 rings (SSSR count). The van der Waals surface area contributed by atoms with Gasteiger partial charge in [0.05, 0.1) is 12.1 Å². The Hall–Kier alpha value is -3.30. The first-order chi connectivity index (χ1) is 15.2. The summed E-state index contributed by atoms with van der Waals surface area (Å²) in [6.45, 7) is 1.37. The van der Waals surface area contributed by atoms with Crippen molar-refractivity contribution in [2.75, 3.05) is 13.1 Å². The van der Waals surface area contributed by atoms with E-state index in [0.717, 1.165) is 35.4 Å². The van der Waals surface area contributed by atoms with Gasteiger partial charge in [-0.2, -0.15) is 5.26 Å². The SMILES string of the molecule is N#CN1CC2CC[C@]2(NC(=O)c2ccc(-c3cnccc3Sc3ccccc3)cc2)C1. The van der Waals surface area contributed by atoms with Crippen molar-refractivity contribution < 1.29 is 4.79 Å². The van der Waals surface area contributed by atoms with E-state index >= 15 is 0 Å². The number of carbonyl (C=O) groups excluding carboxylic acids is 1. The third-order valence-electron chi connectivity index (χ3n) is 6.35. The summed E-state index contributed by atoms with van der Waals surface area (Å²) in [6.07, 6.45) is 7.91. The van der Waals surface area contributed by atoms with Crippen LogP contribution in [0.2, 0.25) is 0 Å². The minimum atomic E-state index is -0.242. The molecular formula is C25H22N4OS. The van der Waals surface area contributed by atoms with E-state index in [9.17, 15) is 10.1 Å². The molecule has 2 aromatic carbocycles. The lowest BCUT2D eigenvalue weighted by molar-refractivity contribution is 0.0762. The first kappa shape index (κ1) is 19.7. The fourth-order valence-corrected chi connectivity index (χ4v) is 5.48. The molecule has 2 heterocycles. The van der Waals surface area contributed by atoms with Crippen molar-refractivity contribution in [3.8, 4) is 17.3 Å². The molecule has 1 N–H and O–H groups in total. The van der Waals surface area contributed by atoms with Crippen LogP contribution in [0.4, 0.5) is 0 Å². The molecule has 0 spiro atoms. The Bertz CT molecular complexity index is 1140. The van der Waals surface area contributed by atoms with Gasteiger partial charge in [-0.3, -0.25) is 9.78 Å². The summed E-state index contributed by atoms with van der Waals surface area (Å²) in [6, 6.07) is 20.0. The molecule has 6 heteroatoms. The molecule has 1 aromatic heterocycles. The van der Waals surface area contributed by atoms with Gasteiger partial charge in [-0.15, -0.1) is 0 Å². The lowest BCUT2D eigenvalue weighted by Crippen LogP contribution is -2.60. The number of benzene rings is 2. The van der Waals surface area contributed by atoms with Crippen molar-refractivity contribution in [3.63, 3.8) is 0 Å². The summed E-state index contributed by atoms with van der Waals surface area (Å²) in [5.41, 5.74) is 2.47. The first-order valence-corrected chi connectivity index (χ1v) is 11.2. The summed E-state index contributed by atoms with van der Waals surface area (Å²) < 4.78 is 0. The average molecular weight is 427 g/mol. The number of nitrogens with one attached hydrogen (secondary N) is 1. The normalized spacial score (nSPS) is 21.6. The Kier molecular flexibility index (Phi) is 5.13. The van der Waals surface area contributed by atoms with Crippen LogP contribution in [0, 0.1) is 17.4 Å². The summed E-state index contributed by atoms with van der Waals surface area (Å²) in [7, 11) is 0. The number of hydrogen-bond acceptors (Lipinski definition) is 5. The Balaban J connectivity index is 1.33. The quantitative estimate of drug-likeness (QED) is 0.605. The smallest absolute Gasteiger partial charge is 0.251 e. The lowest BCUT2D eigenvalue weighted by atomic mass is 9.69. The molecule has 3 aromatic rings. The molecule has 154 valence electrons. The van der Waals surface area contributed by atoms with Crippen LogP contribution >= 0.6 is 11.8 Å². The second-order valence-corrected chi connectivity index (χ2v) is 9.31. The van der Waals surface area contributed by atoms with Crippen molar-refractivity contribution in [1.29, 1.82) is 5.26 Å². The number of rotatable bonds is 5. The molecule has 1 saturated heterocycles. The van der Waals surface area contributed by atoms with Crippen molar-refractivity contribution in [1.82, 2.24) is 15.2 Å². The van der Waals surface area contributed by atoms with Gasteiger partial charge in [0.25, 0.3) is 5.91 Å². The van der Waals surface area contributed by atoms with Crippen LogP contribution in [-0.2, 0) is 0 Å². The molecule has 2 fully saturated rings. The van der Waals surface area contributed by atoms with Crippen molar-refractivity contribution in [2.24, 2.45) is 5.92 Å². The number of aromatic nitrogens is 1. The molecule has 1 amide bonds. The van der Waals surface area contributed by atoms with E-state index < -0.39 is 0 Å². The van der Waals surface area contributed by atoms with Crippen molar-refractivity contribution in [2.45, 2.75) is 28.2 Å². The van der Waals surface area contributed by atoms with Crippen molar-refractivity contribution in [3.05, 3.63) is 78.6 Å². The van der Waals surface area contributed by atoms with Gasteiger partial charge >= 0.3 is 0 Å². The maximum atomic E-state index is 12.9. The van der Waals surface area contributed by atoms with Crippen LogP contribution in [0.3, 0.4) is 0 Å². The third-order valence-corrected chi connectivity index (χ3v) is 7.43. The van der Waals surface area contributed by atoms with Gasteiger partial charge in [-0.25, -0.2) is 0 Å². The van der Waals surface area contributed by atoms with Crippen LogP contribution in [0.25, 0.3) is 11.1 Å². The first-order valence-electron chi connectivity index (χ1n) is 10.4. The number of fused-ring (bicyclic) bond motifs is 1. The summed E-state index contributed by atoms with van der Waals surface area (Å²) in [5, 5.41) is 12.4. The number of nitrogens with zero attached hydrogens (tertiary/aromatic N) is 3. The van der Waals surface area contributed by atoms with Crippen molar-refractivity contribution >= 4 is 17.7 Å². The molecule has 1 aliphatic heterocycles. The molecule has 31 heavy (non-hydrogen) atoms. The monoisotopic (exact) mass is 426 g/mol. The molecule has 1 unspecified atom stereocenters. The Morgan fingerprint density at radius 3 is 2.68 bits per heavy atom. The Labute approximate surface area is 186 Å². The maximum absolute atomic E-state index is 12.9. The number of amides is 1. The minimum Gasteiger partial charge on any atom is -0.344 e. The molecule has 0 radical (unpaired) electrons. The molecule has 1 saturated carbocycles. The highest BCUT2D eigenvalue weighted by Crippen LogP contribution is 2.44. The van der Waals surface area contributed by atoms with Gasteiger partial charge in [0.2, 0.25) is 0 Å². The predicted octanol–water partition coefficient (Wildman–Crippen LogP) is 4.58. The maximum Gasteiger partial charge on any atom is 0.251 e. The molecule has 2 atom stereocenters. The Morgan fingerprint density at radius 2 is 1.97 bits per heavy atom. The number of hydrogen-bond donors (Lipinski definition) is 1. The molecule has 0 bridgehead atoms. The zero-order valence-electron chi connectivity index (χ0n) is 17.0. The van der Waals surface area contributed by atoms with E-state index in [1.807, 2.05) is 54.7 Å². The predicted molar refractivity (Wildman–Crippen MR) is 120 cm³/mol. The standard InChI is InChI=1S/C25H22N4OS/c26-17-29-15-20-10-12-25(20,16-29)28-24(30)19-8-6-18(7-9-19)22-14-27-13-11-23(22)31-21-4-2-1-3-5-21/h1-9,11,13-14,20H,10,12,15-16H2,(H,28,30)/t20?,25-/m0/s1. The largest absolute Gasteiger partial charge is 0.344 e. The van der Waals surface area contributed by atoms with Crippen LogP contribution in [0.5, 0.6) is 0 Å². The number of carbonyl (C=O) groups is 1. The van der Waals surface area contributed by atoms with E-state index in [4.69, 9.17) is 0 Å². The molecule has 1 aliphatic carbocycles. The zero-order valence-corrected chi connectivity index (χ0v) is 17.8. The highest BCUT2D eigenvalue weighted by molar-refractivity contribution is 7.99. The van der Waals surface area contributed by atoms with Gasteiger partial charge in [-0.05, 0) is 48.7 Å². The molecule has 2 aliphatic rings. The topological polar surface area (TPSA) is 69.0 Å². The van der Waals surface area contributed by atoms with E-state index in [1.54, 1.807) is 22.9 Å². The van der Waals surface area contributed by atoms with Crippen LogP contribution in [0.15, 0.2) is 82.8 Å². The highest BCUT2D eigenvalue weighted by atomic mass is 32.2. The fourth-order valence-electron chi connectivity index (χ4n) is 4.52. The molecular weight excluding hydrogens is 404 g/mol. The van der Waals surface area contributed by atoms with Gasteiger partial charge < -0.3 is 10.2 Å². The summed E-state index contributed by atoms with van der Waals surface area (Å²) in [5.74, 6) is 0.310.